The van der Waals surface area contributed by atoms with Gasteiger partial charge in [-0.1, -0.05) is 11.8 Å². The minimum atomic E-state index is -4.47. The lowest BCUT2D eigenvalue weighted by atomic mass is 10.1. The topological polar surface area (TPSA) is 26.0 Å². The highest BCUT2D eigenvalue weighted by atomic mass is 32.2. The molecule has 0 bridgehead atoms. The first-order chi connectivity index (χ1) is 9.81. The first-order valence-electron chi connectivity index (χ1n) is 5.84. The summed E-state index contributed by atoms with van der Waals surface area (Å²) in [4.78, 5) is 0.347. The first kappa shape index (κ1) is 15.8. The van der Waals surface area contributed by atoms with Crippen LogP contribution in [-0.4, -0.2) is 0 Å². The number of halogens is 5. The second kappa shape index (κ2) is 6.03. The van der Waals surface area contributed by atoms with E-state index in [0.717, 1.165) is 42.1 Å². The minimum Gasteiger partial charge on any atom is -0.326 e. The van der Waals surface area contributed by atoms with Crippen LogP contribution in [0.3, 0.4) is 0 Å². The second-order valence-electron chi connectivity index (χ2n) is 4.20. The molecule has 0 heterocycles. The van der Waals surface area contributed by atoms with Crippen LogP contribution in [0.2, 0.25) is 0 Å². The molecule has 0 aliphatic carbocycles. The van der Waals surface area contributed by atoms with E-state index in [2.05, 4.69) is 0 Å². The Morgan fingerprint density at radius 1 is 0.952 bits per heavy atom. The van der Waals surface area contributed by atoms with Gasteiger partial charge in [0.25, 0.3) is 0 Å². The highest BCUT2D eigenvalue weighted by Gasteiger charge is 2.30. The lowest BCUT2D eigenvalue weighted by Gasteiger charge is -2.12. The highest BCUT2D eigenvalue weighted by molar-refractivity contribution is 7.99. The summed E-state index contributed by atoms with van der Waals surface area (Å²) in [5.41, 5.74) is 4.83. The summed E-state index contributed by atoms with van der Waals surface area (Å²) in [5.74, 6) is -1.27. The van der Waals surface area contributed by atoms with Gasteiger partial charge in [0, 0.05) is 11.4 Å². The molecule has 112 valence electrons. The Balaban J connectivity index is 2.38. The average molecular weight is 319 g/mol. The molecule has 7 heteroatoms. The van der Waals surface area contributed by atoms with Gasteiger partial charge in [0.05, 0.1) is 10.5 Å². The Labute approximate surface area is 122 Å². The summed E-state index contributed by atoms with van der Waals surface area (Å²) < 4.78 is 64.5. The molecule has 0 saturated carbocycles. The summed E-state index contributed by atoms with van der Waals surface area (Å²) in [6, 6.07) is 5.93. The zero-order chi connectivity index (χ0) is 15.6. The maximum Gasteiger partial charge on any atom is 0.416 e. The van der Waals surface area contributed by atoms with Crippen LogP contribution >= 0.6 is 11.8 Å². The maximum absolute atomic E-state index is 13.6. The molecule has 0 unspecified atom stereocenters. The SMILES string of the molecule is NCc1cc(C(F)(F)F)ccc1Sc1cc(F)ccc1F. The van der Waals surface area contributed by atoms with Gasteiger partial charge in [0.1, 0.15) is 11.6 Å². The average Bonchev–Trinajstić information content (AvgIpc) is 2.42. The highest BCUT2D eigenvalue weighted by Crippen LogP contribution is 2.36. The van der Waals surface area contributed by atoms with Gasteiger partial charge in [-0.05, 0) is 42.0 Å². The van der Waals surface area contributed by atoms with Crippen molar-refractivity contribution in [3.63, 3.8) is 0 Å². The Kier molecular flexibility index (Phi) is 4.53. The Morgan fingerprint density at radius 2 is 1.67 bits per heavy atom. The number of hydrogen-bond donors (Lipinski definition) is 1. The monoisotopic (exact) mass is 319 g/mol. The van der Waals surface area contributed by atoms with Crippen LogP contribution < -0.4 is 5.73 Å². The van der Waals surface area contributed by atoms with Gasteiger partial charge in [-0.2, -0.15) is 13.2 Å². The van der Waals surface area contributed by atoms with Crippen molar-refractivity contribution in [3.05, 3.63) is 59.2 Å². The molecule has 0 aliphatic heterocycles. The second-order valence-corrected chi connectivity index (χ2v) is 5.28. The van der Waals surface area contributed by atoms with Crippen molar-refractivity contribution in [2.45, 2.75) is 22.5 Å². The third-order valence-corrected chi connectivity index (χ3v) is 3.87. The maximum atomic E-state index is 13.6. The van der Waals surface area contributed by atoms with Gasteiger partial charge in [-0.15, -0.1) is 0 Å². The largest absolute Gasteiger partial charge is 0.416 e. The summed E-state index contributed by atoms with van der Waals surface area (Å²) in [6.07, 6.45) is -4.47. The predicted molar refractivity (Wildman–Crippen MR) is 69.8 cm³/mol. The zero-order valence-electron chi connectivity index (χ0n) is 10.5. The molecule has 21 heavy (non-hydrogen) atoms. The van der Waals surface area contributed by atoms with Crippen LogP contribution in [0.5, 0.6) is 0 Å². The van der Waals surface area contributed by atoms with E-state index in [9.17, 15) is 22.0 Å². The summed E-state index contributed by atoms with van der Waals surface area (Å²) in [5, 5.41) is 0. The molecule has 0 amide bonds. The lowest BCUT2D eigenvalue weighted by Crippen LogP contribution is -2.07. The summed E-state index contributed by atoms with van der Waals surface area (Å²) >= 11 is 0.837. The number of alkyl halides is 3. The molecule has 0 atom stereocenters. The lowest BCUT2D eigenvalue weighted by molar-refractivity contribution is -0.137. The van der Waals surface area contributed by atoms with E-state index in [1.807, 2.05) is 0 Å². The molecule has 1 nitrogen and oxygen atoms in total. The van der Waals surface area contributed by atoms with Crippen LogP contribution in [0.1, 0.15) is 11.1 Å². The summed E-state index contributed by atoms with van der Waals surface area (Å²) in [7, 11) is 0. The van der Waals surface area contributed by atoms with Gasteiger partial charge in [-0.3, -0.25) is 0 Å². The molecule has 0 saturated heterocycles. The van der Waals surface area contributed by atoms with E-state index in [4.69, 9.17) is 5.73 Å². The number of rotatable bonds is 3. The van der Waals surface area contributed by atoms with Crippen molar-refractivity contribution < 1.29 is 22.0 Å². The molecular formula is C14H10F5NS. The van der Waals surface area contributed by atoms with E-state index in [0.29, 0.717) is 4.90 Å². The van der Waals surface area contributed by atoms with Crippen LogP contribution in [0.4, 0.5) is 22.0 Å². The van der Waals surface area contributed by atoms with Gasteiger partial charge >= 0.3 is 6.18 Å². The molecule has 0 spiro atoms. The van der Waals surface area contributed by atoms with Gasteiger partial charge in [-0.25, -0.2) is 8.78 Å². The Hall–Kier alpha value is -1.60. The van der Waals surface area contributed by atoms with E-state index in [1.165, 1.54) is 6.07 Å². The van der Waals surface area contributed by atoms with Crippen molar-refractivity contribution in [2.75, 3.05) is 0 Å². The molecule has 2 aromatic carbocycles. The normalized spacial score (nSPS) is 11.7. The van der Waals surface area contributed by atoms with Crippen molar-refractivity contribution in [1.29, 1.82) is 0 Å². The van der Waals surface area contributed by atoms with Crippen molar-refractivity contribution in [3.8, 4) is 0 Å². The third-order valence-electron chi connectivity index (χ3n) is 2.72. The Morgan fingerprint density at radius 3 is 2.29 bits per heavy atom. The van der Waals surface area contributed by atoms with Gasteiger partial charge in [0.15, 0.2) is 0 Å². The fraction of sp³-hybridized carbons (Fsp3) is 0.143. The molecule has 0 fully saturated rings. The number of hydrogen-bond acceptors (Lipinski definition) is 2. The predicted octanol–water partition coefficient (Wildman–Crippen LogP) is 4.59. The van der Waals surface area contributed by atoms with Crippen molar-refractivity contribution >= 4 is 11.8 Å². The first-order valence-corrected chi connectivity index (χ1v) is 6.66. The smallest absolute Gasteiger partial charge is 0.326 e. The summed E-state index contributed by atoms with van der Waals surface area (Å²) in [6.45, 7) is -0.136. The van der Waals surface area contributed by atoms with Crippen molar-refractivity contribution in [2.24, 2.45) is 5.73 Å². The van der Waals surface area contributed by atoms with Crippen LogP contribution in [0.25, 0.3) is 0 Å². The standard InChI is InChI=1S/C14H10F5NS/c15-10-2-3-11(16)13(6-10)21-12-4-1-9(14(17,18)19)5-8(12)7-20/h1-6H,7,20H2. The van der Waals surface area contributed by atoms with Crippen LogP contribution in [-0.2, 0) is 12.7 Å². The van der Waals surface area contributed by atoms with E-state index >= 15 is 0 Å². The number of benzene rings is 2. The van der Waals surface area contributed by atoms with E-state index in [-0.39, 0.29) is 17.0 Å². The fourth-order valence-electron chi connectivity index (χ4n) is 1.69. The van der Waals surface area contributed by atoms with Crippen LogP contribution in [0, 0.1) is 11.6 Å². The fourth-order valence-corrected chi connectivity index (χ4v) is 2.67. The molecule has 0 aliphatic rings. The molecule has 2 aromatic rings. The molecule has 0 aromatic heterocycles. The molecular weight excluding hydrogens is 309 g/mol. The van der Waals surface area contributed by atoms with E-state index in [1.54, 1.807) is 0 Å². The molecule has 2 N–H and O–H groups in total. The zero-order valence-corrected chi connectivity index (χ0v) is 11.4. The molecule has 0 radical (unpaired) electrons. The van der Waals surface area contributed by atoms with Crippen molar-refractivity contribution in [1.82, 2.24) is 0 Å². The minimum absolute atomic E-state index is 0.00976. The quantitative estimate of drug-likeness (QED) is 0.837. The van der Waals surface area contributed by atoms with Gasteiger partial charge < -0.3 is 5.73 Å². The third kappa shape index (κ3) is 3.74. The van der Waals surface area contributed by atoms with Crippen LogP contribution in [0.15, 0.2) is 46.2 Å². The van der Waals surface area contributed by atoms with Gasteiger partial charge in [0.2, 0.25) is 0 Å². The molecule has 2 rings (SSSR count). The Bertz CT molecular complexity index is 654. The number of nitrogens with two attached hydrogens (primary N) is 1. The van der Waals surface area contributed by atoms with E-state index < -0.39 is 23.4 Å².